The van der Waals surface area contributed by atoms with Crippen LogP contribution in [0.1, 0.15) is 18.9 Å². The van der Waals surface area contributed by atoms with Gasteiger partial charge >= 0.3 is 0 Å². The van der Waals surface area contributed by atoms with Crippen LogP contribution in [0.15, 0.2) is 30.5 Å². The van der Waals surface area contributed by atoms with Gasteiger partial charge in [0.1, 0.15) is 0 Å². The molecule has 2 aromatic rings. The van der Waals surface area contributed by atoms with Crippen molar-refractivity contribution in [3.63, 3.8) is 0 Å². The smallest absolute Gasteiger partial charge is 0.219 e. The Morgan fingerprint density at radius 3 is 2.88 bits per heavy atom. The molecule has 0 unspecified atom stereocenters. The van der Waals surface area contributed by atoms with E-state index in [1.165, 1.54) is 11.1 Å². The Morgan fingerprint density at radius 1 is 1.29 bits per heavy atom. The minimum absolute atomic E-state index is 0.797. The molecule has 1 aliphatic rings. The standard InChI is InChI=1S/C14H16N2O/c1-2-11-4-6-12(7-5-11)13-10-15-16-8-3-9-17-14(13)16/h4-7,10H,2-3,8-9H2,1H3. The number of aromatic nitrogens is 2. The van der Waals surface area contributed by atoms with Crippen LogP contribution in [0.5, 0.6) is 5.88 Å². The van der Waals surface area contributed by atoms with Gasteiger partial charge in [0.15, 0.2) is 0 Å². The summed E-state index contributed by atoms with van der Waals surface area (Å²) in [5, 5.41) is 4.37. The largest absolute Gasteiger partial charge is 0.477 e. The fourth-order valence-electron chi connectivity index (χ4n) is 2.19. The van der Waals surface area contributed by atoms with Crippen LogP contribution in [-0.4, -0.2) is 16.4 Å². The molecule has 0 amide bonds. The number of hydrogen-bond donors (Lipinski definition) is 0. The summed E-state index contributed by atoms with van der Waals surface area (Å²) in [6.07, 6.45) is 4.02. The maximum atomic E-state index is 5.71. The molecule has 0 bridgehead atoms. The van der Waals surface area contributed by atoms with Gasteiger partial charge in [0.2, 0.25) is 5.88 Å². The maximum absolute atomic E-state index is 5.71. The Kier molecular flexibility index (Phi) is 2.59. The van der Waals surface area contributed by atoms with Crippen LogP contribution in [-0.2, 0) is 13.0 Å². The number of ether oxygens (including phenoxy) is 1. The molecule has 0 spiro atoms. The zero-order chi connectivity index (χ0) is 11.7. The van der Waals surface area contributed by atoms with Crippen molar-refractivity contribution in [3.8, 4) is 17.0 Å². The van der Waals surface area contributed by atoms with Crippen LogP contribution in [0.25, 0.3) is 11.1 Å². The third-order valence-corrected chi connectivity index (χ3v) is 3.22. The van der Waals surface area contributed by atoms with Crippen LogP contribution >= 0.6 is 0 Å². The first-order valence-electron chi connectivity index (χ1n) is 6.16. The van der Waals surface area contributed by atoms with Gasteiger partial charge in [-0.2, -0.15) is 5.10 Å². The topological polar surface area (TPSA) is 27.1 Å². The van der Waals surface area contributed by atoms with E-state index >= 15 is 0 Å². The Labute approximate surface area is 101 Å². The molecule has 0 radical (unpaired) electrons. The molecule has 3 rings (SSSR count). The molecule has 17 heavy (non-hydrogen) atoms. The molecule has 0 saturated carbocycles. The van der Waals surface area contributed by atoms with Crippen molar-refractivity contribution >= 4 is 0 Å². The summed E-state index contributed by atoms with van der Waals surface area (Å²) >= 11 is 0. The number of fused-ring (bicyclic) bond motifs is 1. The Morgan fingerprint density at radius 2 is 2.12 bits per heavy atom. The van der Waals surface area contributed by atoms with E-state index in [1.807, 2.05) is 10.9 Å². The minimum Gasteiger partial charge on any atom is -0.477 e. The van der Waals surface area contributed by atoms with Gasteiger partial charge in [-0.05, 0) is 17.5 Å². The molecule has 1 aromatic carbocycles. The minimum atomic E-state index is 0.797. The zero-order valence-corrected chi connectivity index (χ0v) is 10.0. The molecular weight excluding hydrogens is 212 g/mol. The highest BCUT2D eigenvalue weighted by molar-refractivity contribution is 5.68. The van der Waals surface area contributed by atoms with E-state index in [4.69, 9.17) is 4.74 Å². The Hall–Kier alpha value is -1.77. The predicted octanol–water partition coefficient (Wildman–Crippen LogP) is 2.90. The second-order valence-corrected chi connectivity index (χ2v) is 4.34. The van der Waals surface area contributed by atoms with Crippen LogP contribution in [0.4, 0.5) is 0 Å². The monoisotopic (exact) mass is 228 g/mol. The molecule has 0 atom stereocenters. The molecular formula is C14H16N2O. The van der Waals surface area contributed by atoms with E-state index in [0.717, 1.165) is 37.4 Å². The summed E-state index contributed by atoms with van der Waals surface area (Å²) in [6.45, 7) is 3.92. The van der Waals surface area contributed by atoms with E-state index in [9.17, 15) is 0 Å². The average Bonchev–Trinajstić information content (AvgIpc) is 2.83. The van der Waals surface area contributed by atoms with Crippen molar-refractivity contribution in [2.45, 2.75) is 26.3 Å². The maximum Gasteiger partial charge on any atom is 0.219 e. The Bertz CT molecular complexity index is 514. The van der Waals surface area contributed by atoms with E-state index in [0.29, 0.717) is 0 Å². The SMILES string of the molecule is CCc1ccc(-c2cnn3c2OCCC3)cc1. The molecule has 3 heteroatoms. The number of benzene rings is 1. The molecule has 3 nitrogen and oxygen atoms in total. The molecule has 0 fully saturated rings. The normalized spacial score (nSPS) is 14.2. The van der Waals surface area contributed by atoms with Crippen molar-refractivity contribution in [3.05, 3.63) is 36.0 Å². The second kappa shape index (κ2) is 4.24. The van der Waals surface area contributed by atoms with E-state index in [1.54, 1.807) is 0 Å². The van der Waals surface area contributed by atoms with Gasteiger partial charge in [0, 0.05) is 13.0 Å². The molecule has 0 saturated heterocycles. The summed E-state index contributed by atoms with van der Waals surface area (Å²) in [5.74, 6) is 0.917. The summed E-state index contributed by atoms with van der Waals surface area (Å²) in [7, 11) is 0. The van der Waals surface area contributed by atoms with Crippen LogP contribution in [0.3, 0.4) is 0 Å². The van der Waals surface area contributed by atoms with E-state index in [-0.39, 0.29) is 0 Å². The van der Waals surface area contributed by atoms with Gasteiger partial charge in [-0.3, -0.25) is 0 Å². The lowest BCUT2D eigenvalue weighted by Crippen LogP contribution is -2.14. The Balaban J connectivity index is 2.00. The van der Waals surface area contributed by atoms with E-state index < -0.39 is 0 Å². The summed E-state index contributed by atoms with van der Waals surface area (Å²) in [4.78, 5) is 0. The van der Waals surface area contributed by atoms with Crippen molar-refractivity contribution in [1.82, 2.24) is 9.78 Å². The van der Waals surface area contributed by atoms with Crippen LogP contribution in [0.2, 0.25) is 0 Å². The fourth-order valence-corrected chi connectivity index (χ4v) is 2.19. The molecule has 1 aliphatic heterocycles. The first-order chi connectivity index (χ1) is 8.38. The second-order valence-electron chi connectivity index (χ2n) is 4.34. The lowest BCUT2D eigenvalue weighted by molar-refractivity contribution is 0.231. The van der Waals surface area contributed by atoms with Crippen molar-refractivity contribution in [2.75, 3.05) is 6.61 Å². The van der Waals surface area contributed by atoms with Gasteiger partial charge in [0.25, 0.3) is 0 Å². The molecule has 0 aliphatic carbocycles. The van der Waals surface area contributed by atoms with Gasteiger partial charge in [-0.1, -0.05) is 31.2 Å². The average molecular weight is 228 g/mol. The van der Waals surface area contributed by atoms with Gasteiger partial charge < -0.3 is 4.74 Å². The molecule has 88 valence electrons. The zero-order valence-electron chi connectivity index (χ0n) is 10.0. The summed E-state index contributed by atoms with van der Waals surface area (Å²) in [5.41, 5.74) is 3.65. The fraction of sp³-hybridized carbons (Fsp3) is 0.357. The lowest BCUT2D eigenvalue weighted by atomic mass is 10.1. The van der Waals surface area contributed by atoms with Crippen LogP contribution < -0.4 is 4.74 Å². The van der Waals surface area contributed by atoms with Crippen molar-refractivity contribution < 1.29 is 4.74 Å². The van der Waals surface area contributed by atoms with Gasteiger partial charge in [-0.15, -0.1) is 0 Å². The summed E-state index contributed by atoms with van der Waals surface area (Å²) < 4.78 is 7.66. The number of nitrogens with zero attached hydrogens (tertiary/aromatic N) is 2. The van der Waals surface area contributed by atoms with E-state index in [2.05, 4.69) is 36.3 Å². The number of aryl methyl sites for hydroxylation is 2. The first-order valence-corrected chi connectivity index (χ1v) is 6.16. The third kappa shape index (κ3) is 1.82. The first kappa shape index (κ1) is 10.4. The number of hydrogen-bond acceptors (Lipinski definition) is 2. The summed E-state index contributed by atoms with van der Waals surface area (Å²) in [6, 6.07) is 8.63. The third-order valence-electron chi connectivity index (χ3n) is 3.22. The highest BCUT2D eigenvalue weighted by atomic mass is 16.5. The van der Waals surface area contributed by atoms with Crippen molar-refractivity contribution in [1.29, 1.82) is 0 Å². The molecule has 1 aromatic heterocycles. The quantitative estimate of drug-likeness (QED) is 0.790. The predicted molar refractivity (Wildman–Crippen MR) is 67.2 cm³/mol. The van der Waals surface area contributed by atoms with Gasteiger partial charge in [0.05, 0.1) is 18.4 Å². The molecule has 0 N–H and O–H groups in total. The van der Waals surface area contributed by atoms with Crippen molar-refractivity contribution in [2.24, 2.45) is 0 Å². The van der Waals surface area contributed by atoms with Gasteiger partial charge in [-0.25, -0.2) is 4.68 Å². The molecule has 2 heterocycles. The number of rotatable bonds is 2. The lowest BCUT2D eigenvalue weighted by Gasteiger charge is -2.16. The van der Waals surface area contributed by atoms with Crippen LogP contribution in [0, 0.1) is 0 Å². The highest BCUT2D eigenvalue weighted by Crippen LogP contribution is 2.32. The highest BCUT2D eigenvalue weighted by Gasteiger charge is 2.17.